The first-order valence-electron chi connectivity index (χ1n) is 6.39. The molecule has 0 fully saturated rings. The summed E-state index contributed by atoms with van der Waals surface area (Å²) in [6.07, 6.45) is 2.47. The van der Waals surface area contributed by atoms with Crippen LogP contribution in [0.2, 0.25) is 0 Å². The average Bonchev–Trinajstić information content (AvgIpc) is 2.48. The van der Waals surface area contributed by atoms with E-state index in [2.05, 4.69) is 25.6 Å². The zero-order chi connectivity index (χ0) is 15.3. The molecule has 2 rings (SSSR count). The van der Waals surface area contributed by atoms with Crippen LogP contribution in [0.3, 0.4) is 0 Å². The number of nitrogens with one attached hydrogen (secondary N) is 1. The second-order valence-electron chi connectivity index (χ2n) is 4.27. The number of nitrogens with zero attached hydrogens (tertiary/aromatic N) is 1. The topological polar surface area (TPSA) is 68.3 Å². The number of hydrogen-bond donors (Lipinski definition) is 1. The molecule has 0 radical (unpaired) electrons. The van der Waals surface area contributed by atoms with Gasteiger partial charge in [-0.3, -0.25) is 4.72 Å². The van der Waals surface area contributed by atoms with Gasteiger partial charge in [-0.2, -0.15) is 0 Å². The van der Waals surface area contributed by atoms with Crippen LogP contribution in [0, 0.1) is 0 Å². The molecule has 0 aliphatic rings. The zero-order valence-electron chi connectivity index (χ0n) is 11.4. The molecule has 1 N–H and O–H groups in total. The van der Waals surface area contributed by atoms with Gasteiger partial charge in [-0.15, -0.1) is 0 Å². The Balaban J connectivity index is 2.18. The lowest BCUT2D eigenvalue weighted by molar-refractivity contribution is 0.317. The second-order valence-corrected chi connectivity index (χ2v) is 6.70. The van der Waals surface area contributed by atoms with E-state index in [9.17, 15) is 8.42 Å². The molecule has 112 valence electrons. The Bertz CT molecular complexity index is 702. The van der Waals surface area contributed by atoms with Crippen molar-refractivity contribution in [2.24, 2.45) is 0 Å². The monoisotopic (exact) mass is 370 g/mol. The summed E-state index contributed by atoms with van der Waals surface area (Å²) in [4.78, 5) is 4.14. The van der Waals surface area contributed by atoms with Crippen molar-refractivity contribution in [3.8, 4) is 5.75 Å². The van der Waals surface area contributed by atoms with Crippen molar-refractivity contribution >= 4 is 31.6 Å². The first kappa shape index (κ1) is 15.8. The van der Waals surface area contributed by atoms with Crippen molar-refractivity contribution in [3.63, 3.8) is 0 Å². The van der Waals surface area contributed by atoms with E-state index in [1.54, 1.807) is 30.5 Å². The second kappa shape index (κ2) is 6.91. The molecule has 5 nitrogen and oxygen atoms in total. The molecule has 0 saturated heterocycles. The Morgan fingerprint density at radius 2 is 1.95 bits per heavy atom. The molecule has 0 atom stereocenters. The van der Waals surface area contributed by atoms with Crippen LogP contribution in [0.5, 0.6) is 5.75 Å². The van der Waals surface area contributed by atoms with E-state index in [1.807, 2.05) is 6.92 Å². The van der Waals surface area contributed by atoms with Crippen molar-refractivity contribution in [1.29, 1.82) is 0 Å². The molecule has 7 heteroatoms. The Morgan fingerprint density at radius 1 is 1.24 bits per heavy atom. The molecule has 1 aromatic heterocycles. The highest BCUT2D eigenvalue weighted by Crippen LogP contribution is 2.23. The molecule has 2 aromatic rings. The van der Waals surface area contributed by atoms with Gasteiger partial charge >= 0.3 is 0 Å². The number of hydrogen-bond acceptors (Lipinski definition) is 4. The Morgan fingerprint density at radius 3 is 2.57 bits per heavy atom. The number of sulfonamides is 1. The number of ether oxygens (including phenoxy) is 1. The number of benzene rings is 1. The number of anilines is 1. The van der Waals surface area contributed by atoms with E-state index < -0.39 is 10.0 Å². The molecule has 0 aliphatic carbocycles. The summed E-state index contributed by atoms with van der Waals surface area (Å²) in [5.41, 5.74) is 0.392. The summed E-state index contributed by atoms with van der Waals surface area (Å²) in [7, 11) is -3.65. The van der Waals surface area contributed by atoms with Gasteiger partial charge in [0.2, 0.25) is 0 Å². The van der Waals surface area contributed by atoms with E-state index in [1.165, 1.54) is 12.1 Å². The van der Waals surface area contributed by atoms with Crippen molar-refractivity contribution in [2.75, 3.05) is 11.3 Å². The fourth-order valence-corrected chi connectivity index (χ4v) is 3.15. The highest BCUT2D eigenvalue weighted by molar-refractivity contribution is 9.10. The van der Waals surface area contributed by atoms with Crippen LogP contribution < -0.4 is 9.46 Å². The van der Waals surface area contributed by atoms with Crippen LogP contribution in [-0.2, 0) is 10.0 Å². The van der Waals surface area contributed by atoms with E-state index in [0.717, 1.165) is 6.42 Å². The largest absolute Gasteiger partial charge is 0.494 e. The van der Waals surface area contributed by atoms with Crippen LogP contribution >= 0.6 is 15.9 Å². The van der Waals surface area contributed by atoms with Gasteiger partial charge in [-0.05, 0) is 58.7 Å². The average molecular weight is 371 g/mol. The van der Waals surface area contributed by atoms with Crippen LogP contribution in [0.25, 0.3) is 0 Å². The SMILES string of the molecule is CCCOc1ccc(S(=O)(=O)Nc2cccnc2Br)cc1. The number of rotatable bonds is 6. The standard InChI is InChI=1S/C14H15BrN2O3S/c1-2-10-20-11-5-7-12(8-6-11)21(18,19)17-13-4-3-9-16-14(13)15/h3-9,17H,2,10H2,1H3. The summed E-state index contributed by atoms with van der Waals surface area (Å²) < 4.78 is 32.9. The van der Waals surface area contributed by atoms with Gasteiger partial charge in [0, 0.05) is 6.20 Å². The van der Waals surface area contributed by atoms with E-state index in [-0.39, 0.29) is 4.90 Å². The molecule has 1 heterocycles. The normalized spacial score (nSPS) is 11.1. The van der Waals surface area contributed by atoms with Gasteiger partial charge in [0.25, 0.3) is 10.0 Å². The van der Waals surface area contributed by atoms with Crippen LogP contribution in [0.15, 0.2) is 52.1 Å². The molecule has 0 amide bonds. The summed E-state index contributed by atoms with van der Waals surface area (Å²) >= 11 is 3.20. The summed E-state index contributed by atoms with van der Waals surface area (Å²) in [6, 6.07) is 9.60. The van der Waals surface area contributed by atoms with Crippen molar-refractivity contribution in [2.45, 2.75) is 18.2 Å². The number of aromatic nitrogens is 1. The van der Waals surface area contributed by atoms with Crippen molar-refractivity contribution in [1.82, 2.24) is 4.98 Å². The summed E-state index contributed by atoms with van der Waals surface area (Å²) in [5, 5.41) is 0. The quantitative estimate of drug-likeness (QED) is 0.790. The van der Waals surface area contributed by atoms with Crippen molar-refractivity contribution < 1.29 is 13.2 Å². The lowest BCUT2D eigenvalue weighted by atomic mass is 10.3. The van der Waals surface area contributed by atoms with Gasteiger partial charge < -0.3 is 4.74 Å². The van der Waals surface area contributed by atoms with Crippen LogP contribution in [0.1, 0.15) is 13.3 Å². The fourth-order valence-electron chi connectivity index (χ4n) is 1.60. The Kier molecular flexibility index (Phi) is 5.19. The first-order chi connectivity index (χ1) is 10.0. The van der Waals surface area contributed by atoms with E-state index >= 15 is 0 Å². The molecule has 0 spiro atoms. The van der Waals surface area contributed by atoms with Gasteiger partial charge in [-0.1, -0.05) is 6.92 Å². The lowest BCUT2D eigenvalue weighted by Crippen LogP contribution is -2.13. The molecular formula is C14H15BrN2O3S. The summed E-state index contributed by atoms with van der Waals surface area (Å²) in [6.45, 7) is 2.61. The van der Waals surface area contributed by atoms with E-state index in [0.29, 0.717) is 22.6 Å². The predicted molar refractivity (Wildman–Crippen MR) is 85.0 cm³/mol. The predicted octanol–water partition coefficient (Wildman–Crippen LogP) is 3.43. The van der Waals surface area contributed by atoms with Crippen molar-refractivity contribution in [3.05, 3.63) is 47.2 Å². The maximum Gasteiger partial charge on any atom is 0.261 e. The zero-order valence-corrected chi connectivity index (χ0v) is 13.8. The minimum absolute atomic E-state index is 0.169. The third kappa shape index (κ3) is 4.18. The highest BCUT2D eigenvalue weighted by atomic mass is 79.9. The summed E-state index contributed by atoms with van der Waals surface area (Å²) in [5.74, 6) is 0.651. The fraction of sp³-hybridized carbons (Fsp3) is 0.214. The van der Waals surface area contributed by atoms with Crippen LogP contribution in [-0.4, -0.2) is 20.0 Å². The number of pyridine rings is 1. The Labute approximate surface area is 132 Å². The highest BCUT2D eigenvalue weighted by Gasteiger charge is 2.15. The van der Waals surface area contributed by atoms with Gasteiger partial charge in [0.1, 0.15) is 10.4 Å². The first-order valence-corrected chi connectivity index (χ1v) is 8.67. The third-order valence-electron chi connectivity index (χ3n) is 2.61. The van der Waals surface area contributed by atoms with E-state index in [4.69, 9.17) is 4.74 Å². The van der Waals surface area contributed by atoms with Crippen LogP contribution in [0.4, 0.5) is 5.69 Å². The van der Waals surface area contributed by atoms with Gasteiger partial charge in [-0.25, -0.2) is 13.4 Å². The maximum atomic E-state index is 12.3. The molecule has 0 saturated carbocycles. The lowest BCUT2D eigenvalue weighted by Gasteiger charge is -2.10. The minimum Gasteiger partial charge on any atom is -0.494 e. The molecule has 21 heavy (non-hydrogen) atoms. The maximum absolute atomic E-state index is 12.3. The Hall–Kier alpha value is -1.60. The minimum atomic E-state index is -3.65. The molecular weight excluding hydrogens is 356 g/mol. The number of halogens is 1. The molecule has 0 bridgehead atoms. The smallest absolute Gasteiger partial charge is 0.261 e. The molecule has 0 unspecified atom stereocenters. The van der Waals surface area contributed by atoms with Gasteiger partial charge in [0.05, 0.1) is 17.2 Å². The third-order valence-corrected chi connectivity index (χ3v) is 4.62. The molecule has 0 aliphatic heterocycles. The van der Waals surface area contributed by atoms with Gasteiger partial charge in [0.15, 0.2) is 0 Å². The molecule has 1 aromatic carbocycles.